The van der Waals surface area contributed by atoms with E-state index < -0.39 is 0 Å². The number of ether oxygens (including phenoxy) is 1. The van der Waals surface area contributed by atoms with E-state index >= 15 is 0 Å². The van der Waals surface area contributed by atoms with Gasteiger partial charge in [0, 0.05) is 17.8 Å². The lowest BCUT2D eigenvalue weighted by molar-refractivity contribution is -0.118. The van der Waals surface area contributed by atoms with E-state index in [1.54, 1.807) is 24.3 Å². The average Bonchev–Trinajstić information content (AvgIpc) is 2.74. The van der Waals surface area contributed by atoms with Gasteiger partial charge < -0.3 is 15.4 Å². The van der Waals surface area contributed by atoms with Gasteiger partial charge in [-0.25, -0.2) is 0 Å². The molecule has 0 saturated carbocycles. The van der Waals surface area contributed by atoms with Gasteiger partial charge in [-0.2, -0.15) is 0 Å². The summed E-state index contributed by atoms with van der Waals surface area (Å²) in [6.07, 6.45) is 1.07. The van der Waals surface area contributed by atoms with E-state index in [4.69, 9.17) is 4.74 Å². The van der Waals surface area contributed by atoms with Crippen molar-refractivity contribution >= 4 is 23.2 Å². The summed E-state index contributed by atoms with van der Waals surface area (Å²) in [6.45, 7) is 3.83. The summed E-state index contributed by atoms with van der Waals surface area (Å²) in [5.41, 5.74) is 4.42. The molecule has 0 spiro atoms. The molecule has 0 unspecified atom stereocenters. The quantitative estimate of drug-likeness (QED) is 0.564. The molecule has 0 atom stereocenters. The average molecular weight is 402 g/mol. The Bertz CT molecular complexity index is 1020. The second-order valence-electron chi connectivity index (χ2n) is 7.22. The second kappa shape index (κ2) is 10.3. The van der Waals surface area contributed by atoms with Gasteiger partial charge in [-0.05, 0) is 61.2 Å². The number of carbonyl (C=O) groups excluding carboxylic acids is 2. The summed E-state index contributed by atoms with van der Waals surface area (Å²) >= 11 is 0. The molecule has 2 N–H and O–H groups in total. The van der Waals surface area contributed by atoms with Crippen molar-refractivity contribution < 1.29 is 14.3 Å². The normalized spacial score (nSPS) is 10.3. The van der Waals surface area contributed by atoms with E-state index in [-0.39, 0.29) is 18.4 Å². The maximum atomic E-state index is 12.3. The number of aryl methyl sites for hydroxylation is 3. The molecular formula is C25H26N2O3. The van der Waals surface area contributed by atoms with E-state index in [1.165, 1.54) is 0 Å². The third-order valence-corrected chi connectivity index (χ3v) is 4.62. The molecule has 0 aromatic heterocycles. The highest BCUT2D eigenvalue weighted by atomic mass is 16.5. The van der Waals surface area contributed by atoms with Gasteiger partial charge >= 0.3 is 0 Å². The van der Waals surface area contributed by atoms with Crippen molar-refractivity contribution in [1.29, 1.82) is 0 Å². The third-order valence-electron chi connectivity index (χ3n) is 4.62. The molecule has 0 aliphatic rings. The first-order valence-corrected chi connectivity index (χ1v) is 9.93. The topological polar surface area (TPSA) is 67.4 Å². The zero-order chi connectivity index (χ0) is 21.3. The van der Waals surface area contributed by atoms with Crippen LogP contribution in [0.1, 0.15) is 23.1 Å². The second-order valence-corrected chi connectivity index (χ2v) is 7.22. The minimum atomic E-state index is -0.261. The van der Waals surface area contributed by atoms with E-state index in [2.05, 4.69) is 10.6 Å². The lowest BCUT2D eigenvalue weighted by Gasteiger charge is -2.11. The summed E-state index contributed by atoms with van der Waals surface area (Å²) in [6, 6.07) is 22.8. The van der Waals surface area contributed by atoms with Crippen LogP contribution in [0, 0.1) is 13.8 Å². The van der Waals surface area contributed by atoms with Crippen LogP contribution in [0.2, 0.25) is 0 Å². The molecule has 2 amide bonds. The summed E-state index contributed by atoms with van der Waals surface area (Å²) in [5, 5.41) is 5.68. The zero-order valence-corrected chi connectivity index (χ0v) is 17.3. The summed E-state index contributed by atoms with van der Waals surface area (Å²) in [5.74, 6) is 0.369. The van der Waals surface area contributed by atoms with E-state index in [0.29, 0.717) is 30.0 Å². The predicted molar refractivity (Wildman–Crippen MR) is 120 cm³/mol. The Hall–Kier alpha value is -3.60. The summed E-state index contributed by atoms with van der Waals surface area (Å²) in [4.78, 5) is 24.5. The first kappa shape index (κ1) is 21.1. The Kier molecular flexibility index (Phi) is 7.22. The highest BCUT2D eigenvalue weighted by Gasteiger charge is 2.08. The number of anilines is 2. The summed E-state index contributed by atoms with van der Waals surface area (Å²) in [7, 11) is 0. The number of hydrogen-bond donors (Lipinski definition) is 2. The Morgan fingerprint density at radius 2 is 1.50 bits per heavy atom. The van der Waals surface area contributed by atoms with Crippen LogP contribution in [-0.4, -0.2) is 18.4 Å². The first-order valence-electron chi connectivity index (χ1n) is 9.93. The molecule has 5 heteroatoms. The van der Waals surface area contributed by atoms with Crippen LogP contribution in [0.25, 0.3) is 0 Å². The molecule has 0 bridgehead atoms. The van der Waals surface area contributed by atoms with Crippen molar-refractivity contribution in [2.45, 2.75) is 26.7 Å². The number of amides is 2. The van der Waals surface area contributed by atoms with Crippen molar-refractivity contribution in [1.82, 2.24) is 0 Å². The standard InChI is InChI=1S/C25H26N2O3/c1-18-11-12-19(2)23(15-18)30-17-25(29)27-22-10-6-9-21(16-22)26-24(28)14-13-20-7-4-3-5-8-20/h3-12,15-16H,13-14,17H2,1-2H3,(H,26,28)(H,27,29). The maximum absolute atomic E-state index is 12.3. The molecule has 154 valence electrons. The van der Waals surface area contributed by atoms with Gasteiger partial charge in [0.15, 0.2) is 6.61 Å². The molecule has 0 aliphatic heterocycles. The molecule has 3 aromatic carbocycles. The van der Waals surface area contributed by atoms with Crippen LogP contribution in [0.4, 0.5) is 11.4 Å². The third kappa shape index (κ3) is 6.48. The van der Waals surface area contributed by atoms with Gasteiger partial charge in [-0.15, -0.1) is 0 Å². The number of rotatable bonds is 8. The van der Waals surface area contributed by atoms with Crippen molar-refractivity contribution in [3.8, 4) is 5.75 Å². The van der Waals surface area contributed by atoms with Gasteiger partial charge in [0.2, 0.25) is 5.91 Å². The molecule has 0 aliphatic carbocycles. The fourth-order valence-electron chi connectivity index (χ4n) is 3.00. The van der Waals surface area contributed by atoms with Crippen molar-refractivity contribution in [2.24, 2.45) is 0 Å². The maximum Gasteiger partial charge on any atom is 0.262 e. The minimum absolute atomic E-state index is 0.0689. The van der Waals surface area contributed by atoms with Gasteiger partial charge in [0.25, 0.3) is 5.91 Å². The highest BCUT2D eigenvalue weighted by molar-refractivity contribution is 5.94. The SMILES string of the molecule is Cc1ccc(C)c(OCC(=O)Nc2cccc(NC(=O)CCc3ccccc3)c2)c1. The molecule has 30 heavy (non-hydrogen) atoms. The van der Waals surface area contributed by atoms with Crippen molar-refractivity contribution in [3.63, 3.8) is 0 Å². The number of nitrogens with one attached hydrogen (secondary N) is 2. The molecule has 5 nitrogen and oxygen atoms in total. The van der Waals surface area contributed by atoms with Gasteiger partial charge in [0.1, 0.15) is 5.75 Å². The number of hydrogen-bond acceptors (Lipinski definition) is 3. The first-order chi connectivity index (χ1) is 14.5. The number of benzene rings is 3. The summed E-state index contributed by atoms with van der Waals surface area (Å²) < 4.78 is 5.64. The van der Waals surface area contributed by atoms with Crippen LogP contribution in [0.3, 0.4) is 0 Å². The monoisotopic (exact) mass is 402 g/mol. The van der Waals surface area contributed by atoms with Crippen molar-refractivity contribution in [3.05, 3.63) is 89.5 Å². The Labute approximate surface area is 177 Å². The van der Waals surface area contributed by atoms with E-state index in [9.17, 15) is 9.59 Å². The van der Waals surface area contributed by atoms with Gasteiger partial charge in [-0.1, -0.05) is 48.5 Å². The van der Waals surface area contributed by atoms with Gasteiger partial charge in [0.05, 0.1) is 0 Å². The van der Waals surface area contributed by atoms with Gasteiger partial charge in [-0.3, -0.25) is 9.59 Å². The van der Waals surface area contributed by atoms with Crippen molar-refractivity contribution in [2.75, 3.05) is 17.2 Å². The highest BCUT2D eigenvalue weighted by Crippen LogP contribution is 2.19. The fourth-order valence-corrected chi connectivity index (χ4v) is 3.00. The smallest absolute Gasteiger partial charge is 0.262 e. The minimum Gasteiger partial charge on any atom is -0.483 e. The fraction of sp³-hybridized carbons (Fsp3) is 0.200. The Balaban J connectivity index is 1.50. The largest absolute Gasteiger partial charge is 0.483 e. The zero-order valence-electron chi connectivity index (χ0n) is 17.3. The molecule has 3 aromatic rings. The van der Waals surface area contributed by atoms with E-state index in [0.717, 1.165) is 16.7 Å². The molecule has 0 heterocycles. The lowest BCUT2D eigenvalue weighted by atomic mass is 10.1. The van der Waals surface area contributed by atoms with Crippen LogP contribution < -0.4 is 15.4 Å². The molecule has 0 fully saturated rings. The van der Waals surface area contributed by atoms with Crippen LogP contribution in [-0.2, 0) is 16.0 Å². The Morgan fingerprint density at radius 3 is 2.23 bits per heavy atom. The molecule has 3 rings (SSSR count). The number of carbonyl (C=O) groups is 2. The molecule has 0 saturated heterocycles. The van der Waals surface area contributed by atoms with E-state index in [1.807, 2.05) is 62.4 Å². The predicted octanol–water partition coefficient (Wildman–Crippen LogP) is 4.89. The van der Waals surface area contributed by atoms with Crippen LogP contribution in [0.5, 0.6) is 5.75 Å². The lowest BCUT2D eigenvalue weighted by Crippen LogP contribution is -2.20. The van der Waals surface area contributed by atoms with Crippen LogP contribution >= 0.6 is 0 Å². The Morgan fingerprint density at radius 1 is 0.800 bits per heavy atom. The molecular weight excluding hydrogens is 376 g/mol. The van der Waals surface area contributed by atoms with Crippen LogP contribution in [0.15, 0.2) is 72.8 Å². The molecule has 0 radical (unpaired) electrons.